The first-order chi connectivity index (χ1) is 13.5. The Bertz CT molecular complexity index is 1160. The van der Waals surface area contributed by atoms with Gasteiger partial charge in [0.2, 0.25) is 0 Å². The first-order valence-corrected chi connectivity index (χ1v) is 9.17. The molecule has 0 radical (unpaired) electrons. The van der Waals surface area contributed by atoms with Crippen LogP contribution in [-0.4, -0.2) is 15.6 Å². The van der Waals surface area contributed by atoms with E-state index in [1.165, 1.54) is 12.1 Å². The van der Waals surface area contributed by atoms with Crippen molar-refractivity contribution in [3.63, 3.8) is 0 Å². The fraction of sp³-hybridized carbons (Fsp3) is 0.125. The summed E-state index contributed by atoms with van der Waals surface area (Å²) in [5.41, 5.74) is 5.92. The average Bonchev–Trinajstić information content (AvgIpc) is 2.94. The van der Waals surface area contributed by atoms with E-state index in [4.69, 9.17) is 0 Å². The van der Waals surface area contributed by atoms with Gasteiger partial charge in [0.25, 0.3) is 0 Å². The van der Waals surface area contributed by atoms with Crippen molar-refractivity contribution in [1.82, 2.24) is 4.57 Å². The SMILES string of the molecule is Cc1c(Cc2ccccc2-c2ccccc2)c2cc(F)ccc2n1CC(=O)O. The van der Waals surface area contributed by atoms with Crippen molar-refractivity contribution in [1.29, 1.82) is 0 Å². The van der Waals surface area contributed by atoms with Crippen molar-refractivity contribution in [2.75, 3.05) is 0 Å². The van der Waals surface area contributed by atoms with Crippen molar-refractivity contribution in [3.8, 4) is 11.1 Å². The monoisotopic (exact) mass is 373 g/mol. The molecule has 3 nitrogen and oxygen atoms in total. The van der Waals surface area contributed by atoms with Gasteiger partial charge in [0, 0.05) is 23.0 Å². The molecule has 0 amide bonds. The molecule has 4 aromatic rings. The molecule has 0 unspecified atom stereocenters. The minimum Gasteiger partial charge on any atom is -0.480 e. The summed E-state index contributed by atoms with van der Waals surface area (Å²) in [6.07, 6.45) is 0.601. The van der Waals surface area contributed by atoms with Crippen LogP contribution in [0.5, 0.6) is 0 Å². The molecule has 28 heavy (non-hydrogen) atoms. The van der Waals surface area contributed by atoms with Crippen molar-refractivity contribution in [2.45, 2.75) is 19.9 Å². The first-order valence-electron chi connectivity index (χ1n) is 9.17. The third-order valence-corrected chi connectivity index (χ3v) is 5.18. The highest BCUT2D eigenvalue weighted by Crippen LogP contribution is 2.32. The predicted molar refractivity (Wildman–Crippen MR) is 109 cm³/mol. The summed E-state index contributed by atoms with van der Waals surface area (Å²) in [5.74, 6) is -1.24. The van der Waals surface area contributed by atoms with Crippen molar-refractivity contribution in [3.05, 3.63) is 95.4 Å². The molecule has 4 rings (SSSR count). The Balaban J connectivity index is 1.87. The highest BCUT2D eigenvalue weighted by molar-refractivity contribution is 5.87. The number of hydrogen-bond acceptors (Lipinski definition) is 1. The predicted octanol–water partition coefficient (Wildman–Crippen LogP) is 5.43. The fourth-order valence-corrected chi connectivity index (χ4v) is 3.85. The van der Waals surface area contributed by atoms with Crippen LogP contribution in [0.4, 0.5) is 4.39 Å². The lowest BCUT2D eigenvalue weighted by molar-refractivity contribution is -0.137. The molecule has 1 aromatic heterocycles. The highest BCUT2D eigenvalue weighted by Gasteiger charge is 2.18. The van der Waals surface area contributed by atoms with Crippen LogP contribution >= 0.6 is 0 Å². The molecule has 0 saturated heterocycles. The molecule has 4 heteroatoms. The van der Waals surface area contributed by atoms with E-state index in [1.807, 2.05) is 37.3 Å². The molecular formula is C24H20FNO2. The molecule has 1 heterocycles. The number of aromatic nitrogens is 1. The van der Waals surface area contributed by atoms with Gasteiger partial charge in [-0.05, 0) is 47.4 Å². The Morgan fingerprint density at radius 1 is 1.00 bits per heavy atom. The quantitative estimate of drug-likeness (QED) is 0.507. The van der Waals surface area contributed by atoms with Crippen molar-refractivity contribution >= 4 is 16.9 Å². The number of nitrogens with zero attached hydrogens (tertiary/aromatic N) is 1. The fourth-order valence-electron chi connectivity index (χ4n) is 3.85. The second-order valence-electron chi connectivity index (χ2n) is 6.91. The van der Waals surface area contributed by atoms with E-state index >= 15 is 0 Å². The molecule has 0 saturated carbocycles. The number of hydrogen-bond donors (Lipinski definition) is 1. The van der Waals surface area contributed by atoms with E-state index < -0.39 is 5.97 Å². The Morgan fingerprint density at radius 2 is 1.71 bits per heavy atom. The van der Waals surface area contributed by atoms with Gasteiger partial charge >= 0.3 is 5.97 Å². The smallest absolute Gasteiger partial charge is 0.323 e. The Morgan fingerprint density at radius 3 is 2.46 bits per heavy atom. The molecule has 0 aliphatic rings. The first kappa shape index (κ1) is 18.0. The topological polar surface area (TPSA) is 42.2 Å². The van der Waals surface area contributed by atoms with E-state index in [9.17, 15) is 14.3 Å². The van der Waals surface area contributed by atoms with Crippen LogP contribution in [0.25, 0.3) is 22.0 Å². The van der Waals surface area contributed by atoms with E-state index in [-0.39, 0.29) is 12.4 Å². The van der Waals surface area contributed by atoms with Crippen LogP contribution in [-0.2, 0) is 17.8 Å². The number of rotatable bonds is 5. The van der Waals surface area contributed by atoms with Crippen LogP contribution in [0.3, 0.4) is 0 Å². The zero-order chi connectivity index (χ0) is 19.7. The lowest BCUT2D eigenvalue weighted by atomic mass is 9.94. The standard InChI is InChI=1S/C24H20FNO2/c1-16-21(22-14-19(25)11-12-23(22)26(16)15-24(27)28)13-18-9-5-6-10-20(18)17-7-3-2-4-8-17/h2-12,14H,13,15H2,1H3,(H,27,28). The number of benzene rings is 3. The summed E-state index contributed by atoms with van der Waals surface area (Å²) in [6, 6.07) is 22.8. The molecular weight excluding hydrogens is 353 g/mol. The normalized spacial score (nSPS) is 11.1. The third-order valence-electron chi connectivity index (χ3n) is 5.18. The lowest BCUT2D eigenvalue weighted by Gasteiger charge is -2.11. The van der Waals surface area contributed by atoms with Crippen LogP contribution in [0.1, 0.15) is 16.8 Å². The lowest BCUT2D eigenvalue weighted by Crippen LogP contribution is -2.10. The van der Waals surface area contributed by atoms with Crippen molar-refractivity contribution in [2.24, 2.45) is 0 Å². The summed E-state index contributed by atoms with van der Waals surface area (Å²) in [7, 11) is 0. The van der Waals surface area contributed by atoms with Gasteiger partial charge in [0.1, 0.15) is 12.4 Å². The van der Waals surface area contributed by atoms with Gasteiger partial charge in [-0.3, -0.25) is 4.79 Å². The number of aliphatic carboxylic acids is 1. The van der Waals surface area contributed by atoms with E-state index in [2.05, 4.69) is 24.3 Å². The average molecular weight is 373 g/mol. The summed E-state index contributed by atoms with van der Waals surface area (Å²) in [5, 5.41) is 10.1. The molecule has 0 aliphatic carbocycles. The highest BCUT2D eigenvalue weighted by atomic mass is 19.1. The third kappa shape index (κ3) is 3.29. The largest absolute Gasteiger partial charge is 0.480 e. The number of halogens is 1. The van der Waals surface area contributed by atoms with Crippen LogP contribution in [0, 0.1) is 12.7 Å². The second kappa shape index (κ2) is 7.31. The van der Waals surface area contributed by atoms with Gasteiger partial charge in [-0.15, -0.1) is 0 Å². The molecule has 0 spiro atoms. The summed E-state index contributed by atoms with van der Waals surface area (Å²) in [6.45, 7) is 1.76. The van der Waals surface area contributed by atoms with Gasteiger partial charge in [-0.2, -0.15) is 0 Å². The van der Waals surface area contributed by atoms with Crippen LogP contribution in [0.15, 0.2) is 72.8 Å². The Kier molecular flexibility index (Phi) is 4.70. The molecule has 0 bridgehead atoms. The van der Waals surface area contributed by atoms with Crippen molar-refractivity contribution < 1.29 is 14.3 Å². The van der Waals surface area contributed by atoms with Gasteiger partial charge < -0.3 is 9.67 Å². The number of carboxylic acid groups (broad SMARTS) is 1. The summed E-state index contributed by atoms with van der Waals surface area (Å²) >= 11 is 0. The maximum Gasteiger partial charge on any atom is 0.323 e. The van der Waals surface area contributed by atoms with E-state index in [0.29, 0.717) is 6.42 Å². The maximum absolute atomic E-state index is 14.0. The second-order valence-corrected chi connectivity index (χ2v) is 6.91. The zero-order valence-corrected chi connectivity index (χ0v) is 15.5. The number of fused-ring (bicyclic) bond motifs is 1. The summed E-state index contributed by atoms with van der Waals surface area (Å²) in [4.78, 5) is 11.3. The minimum absolute atomic E-state index is 0.145. The van der Waals surface area contributed by atoms with E-state index in [0.717, 1.165) is 38.9 Å². The molecule has 0 atom stereocenters. The van der Waals surface area contributed by atoms with Gasteiger partial charge in [-0.1, -0.05) is 54.6 Å². The molecule has 3 aromatic carbocycles. The molecule has 0 aliphatic heterocycles. The van der Waals surface area contributed by atoms with Crippen LogP contribution in [0.2, 0.25) is 0 Å². The van der Waals surface area contributed by atoms with Gasteiger partial charge in [-0.25, -0.2) is 4.39 Å². The molecule has 1 N–H and O–H groups in total. The maximum atomic E-state index is 14.0. The number of carbonyl (C=O) groups is 1. The van der Waals surface area contributed by atoms with Crippen LogP contribution < -0.4 is 0 Å². The van der Waals surface area contributed by atoms with Gasteiger partial charge in [0.15, 0.2) is 0 Å². The molecule has 140 valence electrons. The van der Waals surface area contributed by atoms with Gasteiger partial charge in [0.05, 0.1) is 0 Å². The van der Waals surface area contributed by atoms with E-state index in [1.54, 1.807) is 10.6 Å². The molecule has 0 fully saturated rings. The zero-order valence-electron chi connectivity index (χ0n) is 15.5. The number of carboxylic acids is 1. The summed E-state index contributed by atoms with van der Waals surface area (Å²) < 4.78 is 15.7. The Labute approximate surface area is 162 Å². The minimum atomic E-state index is -0.916. The Hall–Kier alpha value is -3.40.